The van der Waals surface area contributed by atoms with E-state index in [4.69, 9.17) is 4.74 Å². The fourth-order valence-corrected chi connectivity index (χ4v) is 2.41. The Hall–Kier alpha value is -1.13. The number of hydrogen-bond acceptors (Lipinski definition) is 4. The fraction of sp³-hybridized carbons (Fsp3) is 0.615. The molecule has 2 heterocycles. The van der Waals surface area contributed by atoms with Gasteiger partial charge in [0.05, 0.1) is 24.1 Å². The second-order valence-corrected chi connectivity index (χ2v) is 4.70. The van der Waals surface area contributed by atoms with E-state index in [1.807, 2.05) is 19.4 Å². The Balaban J connectivity index is 2.20. The van der Waals surface area contributed by atoms with Crippen molar-refractivity contribution in [2.45, 2.75) is 32.6 Å². The summed E-state index contributed by atoms with van der Waals surface area (Å²) in [6, 6.07) is 2.08. The largest absolute Gasteiger partial charge is 0.372 e. The number of nitrogens with one attached hydrogen (secondary N) is 1. The minimum atomic E-state index is 0.279. The zero-order valence-corrected chi connectivity index (χ0v) is 10.8. The maximum absolute atomic E-state index is 5.76. The van der Waals surface area contributed by atoms with Crippen molar-refractivity contribution >= 4 is 5.69 Å². The fourth-order valence-electron chi connectivity index (χ4n) is 2.41. The molecule has 0 saturated carbocycles. The van der Waals surface area contributed by atoms with Crippen LogP contribution < -0.4 is 10.2 Å². The van der Waals surface area contributed by atoms with Crippen LogP contribution in [0.3, 0.4) is 0 Å². The molecule has 0 aliphatic carbocycles. The van der Waals surface area contributed by atoms with Crippen LogP contribution in [0.5, 0.6) is 0 Å². The van der Waals surface area contributed by atoms with Gasteiger partial charge in [0.25, 0.3) is 0 Å². The molecule has 0 aromatic carbocycles. The van der Waals surface area contributed by atoms with Crippen molar-refractivity contribution in [3.05, 3.63) is 24.0 Å². The highest BCUT2D eigenvalue weighted by Gasteiger charge is 2.23. The Morgan fingerprint density at radius 3 is 2.76 bits per heavy atom. The van der Waals surface area contributed by atoms with Crippen molar-refractivity contribution < 1.29 is 4.74 Å². The number of hydrogen-bond donors (Lipinski definition) is 1. The molecule has 1 aromatic heterocycles. The summed E-state index contributed by atoms with van der Waals surface area (Å²) in [6.45, 7) is 6.99. The third kappa shape index (κ3) is 2.96. The van der Waals surface area contributed by atoms with Crippen molar-refractivity contribution in [3.8, 4) is 0 Å². The third-order valence-electron chi connectivity index (χ3n) is 3.02. The Morgan fingerprint density at radius 2 is 2.12 bits per heavy atom. The van der Waals surface area contributed by atoms with Crippen LogP contribution in [0.15, 0.2) is 18.5 Å². The Morgan fingerprint density at radius 1 is 1.41 bits per heavy atom. The lowest BCUT2D eigenvalue weighted by molar-refractivity contribution is -0.00528. The molecule has 0 radical (unpaired) electrons. The molecule has 17 heavy (non-hydrogen) atoms. The van der Waals surface area contributed by atoms with Gasteiger partial charge in [-0.25, -0.2) is 0 Å². The van der Waals surface area contributed by atoms with Crippen molar-refractivity contribution in [1.82, 2.24) is 10.3 Å². The van der Waals surface area contributed by atoms with Crippen LogP contribution in [0.2, 0.25) is 0 Å². The molecule has 0 amide bonds. The van der Waals surface area contributed by atoms with Crippen LogP contribution in [-0.4, -0.2) is 37.3 Å². The normalized spacial score (nSPS) is 25.0. The zero-order chi connectivity index (χ0) is 12.3. The van der Waals surface area contributed by atoms with Gasteiger partial charge in [-0.3, -0.25) is 4.98 Å². The average molecular weight is 235 g/mol. The van der Waals surface area contributed by atoms with Gasteiger partial charge < -0.3 is 15.0 Å². The summed E-state index contributed by atoms with van der Waals surface area (Å²) in [5.41, 5.74) is 2.52. The van der Waals surface area contributed by atoms with Crippen LogP contribution in [0.4, 0.5) is 5.69 Å². The first-order valence-electron chi connectivity index (χ1n) is 6.18. The monoisotopic (exact) mass is 235 g/mol. The molecule has 94 valence electrons. The summed E-state index contributed by atoms with van der Waals surface area (Å²) in [5.74, 6) is 0. The highest BCUT2D eigenvalue weighted by atomic mass is 16.5. The van der Waals surface area contributed by atoms with E-state index < -0.39 is 0 Å². The highest BCUT2D eigenvalue weighted by Crippen LogP contribution is 2.23. The topological polar surface area (TPSA) is 37.4 Å². The minimum absolute atomic E-state index is 0.279. The molecule has 1 aliphatic heterocycles. The maximum Gasteiger partial charge on any atom is 0.0726 e. The second-order valence-electron chi connectivity index (χ2n) is 4.70. The summed E-state index contributed by atoms with van der Waals surface area (Å²) in [5, 5.41) is 3.20. The summed E-state index contributed by atoms with van der Waals surface area (Å²) < 4.78 is 5.76. The van der Waals surface area contributed by atoms with Crippen molar-refractivity contribution in [1.29, 1.82) is 0 Å². The van der Waals surface area contributed by atoms with Gasteiger partial charge in [-0.1, -0.05) is 0 Å². The first-order chi connectivity index (χ1) is 8.20. The molecule has 4 nitrogen and oxygen atoms in total. The van der Waals surface area contributed by atoms with Crippen molar-refractivity contribution in [3.63, 3.8) is 0 Å². The van der Waals surface area contributed by atoms with E-state index in [9.17, 15) is 0 Å². The quantitative estimate of drug-likeness (QED) is 0.859. The highest BCUT2D eigenvalue weighted by molar-refractivity contribution is 5.52. The predicted molar refractivity (Wildman–Crippen MR) is 69.2 cm³/mol. The molecule has 1 fully saturated rings. The lowest BCUT2D eigenvalue weighted by atomic mass is 10.1. The lowest BCUT2D eigenvalue weighted by Crippen LogP contribution is -2.46. The number of nitrogens with zero attached hydrogens (tertiary/aromatic N) is 2. The molecular formula is C13H21N3O. The third-order valence-corrected chi connectivity index (χ3v) is 3.02. The first kappa shape index (κ1) is 12.3. The molecule has 0 spiro atoms. The number of pyridine rings is 1. The van der Waals surface area contributed by atoms with Gasteiger partial charge in [0.2, 0.25) is 0 Å². The van der Waals surface area contributed by atoms with Gasteiger partial charge in [0.1, 0.15) is 0 Å². The molecule has 0 bridgehead atoms. The van der Waals surface area contributed by atoms with Crippen LogP contribution in [0, 0.1) is 0 Å². The van der Waals surface area contributed by atoms with Crippen LogP contribution in [0.25, 0.3) is 0 Å². The van der Waals surface area contributed by atoms with Gasteiger partial charge in [0, 0.05) is 25.8 Å². The minimum Gasteiger partial charge on any atom is -0.372 e. The standard InChI is InChI=1S/C13H21N3O/c1-10-8-16(9-11(2)17-10)13-7-15-5-4-12(13)6-14-3/h4-5,7,10-11,14H,6,8-9H2,1-3H3. The van der Waals surface area contributed by atoms with Gasteiger partial charge in [-0.15, -0.1) is 0 Å². The molecule has 1 aliphatic rings. The van der Waals surface area contributed by atoms with Crippen molar-refractivity contribution in [2.75, 3.05) is 25.0 Å². The lowest BCUT2D eigenvalue weighted by Gasteiger charge is -2.37. The zero-order valence-electron chi connectivity index (χ0n) is 10.8. The summed E-state index contributed by atoms with van der Waals surface area (Å²) in [6.07, 6.45) is 4.36. The second kappa shape index (κ2) is 5.47. The molecular weight excluding hydrogens is 214 g/mol. The number of ether oxygens (including phenoxy) is 1. The molecule has 2 unspecified atom stereocenters. The van der Waals surface area contributed by atoms with Gasteiger partial charge in [-0.2, -0.15) is 0 Å². The van der Waals surface area contributed by atoms with E-state index in [2.05, 4.69) is 35.1 Å². The van der Waals surface area contributed by atoms with E-state index in [1.54, 1.807) is 0 Å². The van der Waals surface area contributed by atoms with E-state index in [0.29, 0.717) is 0 Å². The summed E-state index contributed by atoms with van der Waals surface area (Å²) in [4.78, 5) is 6.62. The van der Waals surface area contributed by atoms with E-state index in [-0.39, 0.29) is 12.2 Å². The Labute approximate surface area is 103 Å². The number of anilines is 1. The smallest absolute Gasteiger partial charge is 0.0726 e. The SMILES string of the molecule is CNCc1ccncc1N1CC(C)OC(C)C1. The maximum atomic E-state index is 5.76. The predicted octanol–water partition coefficient (Wildman–Crippen LogP) is 1.41. The first-order valence-corrected chi connectivity index (χ1v) is 6.18. The van der Waals surface area contributed by atoms with Crippen molar-refractivity contribution in [2.24, 2.45) is 0 Å². The van der Waals surface area contributed by atoms with Gasteiger partial charge in [0.15, 0.2) is 0 Å². The number of morpholine rings is 1. The average Bonchev–Trinajstić information content (AvgIpc) is 2.29. The molecule has 1 N–H and O–H groups in total. The summed E-state index contributed by atoms with van der Waals surface area (Å²) >= 11 is 0. The van der Waals surface area contributed by atoms with E-state index in [1.165, 1.54) is 11.3 Å². The van der Waals surface area contributed by atoms with E-state index >= 15 is 0 Å². The van der Waals surface area contributed by atoms with Gasteiger partial charge in [-0.05, 0) is 32.5 Å². The van der Waals surface area contributed by atoms with Crippen LogP contribution in [0.1, 0.15) is 19.4 Å². The number of aromatic nitrogens is 1. The number of rotatable bonds is 3. The van der Waals surface area contributed by atoms with E-state index in [0.717, 1.165) is 19.6 Å². The van der Waals surface area contributed by atoms with Crippen LogP contribution in [-0.2, 0) is 11.3 Å². The molecule has 2 atom stereocenters. The Bertz CT molecular complexity index is 359. The van der Waals surface area contributed by atoms with Crippen LogP contribution >= 0.6 is 0 Å². The summed E-state index contributed by atoms with van der Waals surface area (Å²) in [7, 11) is 1.97. The molecule has 1 aromatic rings. The Kier molecular flexibility index (Phi) is 3.97. The molecule has 2 rings (SSSR count). The molecule has 1 saturated heterocycles. The molecule has 4 heteroatoms. The van der Waals surface area contributed by atoms with Gasteiger partial charge >= 0.3 is 0 Å².